The zero-order valence-corrected chi connectivity index (χ0v) is 11.4. The van der Waals surface area contributed by atoms with Crippen molar-refractivity contribution < 1.29 is 4.79 Å². The highest BCUT2D eigenvalue weighted by Crippen LogP contribution is 2.16. The summed E-state index contributed by atoms with van der Waals surface area (Å²) in [5, 5.41) is 9.77. The Balaban J connectivity index is 1.59. The molecule has 0 radical (unpaired) electrons. The van der Waals surface area contributed by atoms with Gasteiger partial charge in [0.15, 0.2) is 0 Å². The number of nitrogens with one attached hydrogen (secondary N) is 2. The molecule has 0 aliphatic carbocycles. The number of carbonyl (C=O) groups is 1. The van der Waals surface area contributed by atoms with Gasteiger partial charge in [0, 0.05) is 31.0 Å². The number of hydrogen-bond donors (Lipinski definition) is 2. The van der Waals surface area contributed by atoms with Gasteiger partial charge in [-0.1, -0.05) is 30.3 Å². The summed E-state index contributed by atoms with van der Waals surface area (Å²) in [4.78, 5) is 16.0. The Labute approximate surface area is 121 Å². The Morgan fingerprint density at radius 2 is 2.14 bits per heavy atom. The predicted molar refractivity (Wildman–Crippen MR) is 78.6 cm³/mol. The van der Waals surface area contributed by atoms with E-state index in [0.717, 1.165) is 11.3 Å². The van der Waals surface area contributed by atoms with Crippen molar-refractivity contribution in [2.24, 2.45) is 0 Å². The van der Waals surface area contributed by atoms with Crippen LogP contribution < -0.4 is 5.32 Å². The van der Waals surface area contributed by atoms with E-state index in [0.29, 0.717) is 18.8 Å². The first-order valence-electron chi connectivity index (χ1n) is 6.68. The van der Waals surface area contributed by atoms with Crippen molar-refractivity contribution in [3.8, 4) is 11.3 Å². The van der Waals surface area contributed by atoms with Crippen molar-refractivity contribution >= 4 is 5.91 Å². The van der Waals surface area contributed by atoms with Crippen LogP contribution in [0.2, 0.25) is 0 Å². The van der Waals surface area contributed by atoms with Gasteiger partial charge in [-0.2, -0.15) is 5.10 Å². The second-order valence-corrected chi connectivity index (χ2v) is 4.59. The van der Waals surface area contributed by atoms with Gasteiger partial charge in [-0.15, -0.1) is 0 Å². The molecule has 6 nitrogen and oxygen atoms in total. The maximum absolute atomic E-state index is 12.0. The van der Waals surface area contributed by atoms with Crippen LogP contribution in [-0.2, 0) is 6.54 Å². The number of amides is 1. The first-order chi connectivity index (χ1) is 10.3. The zero-order valence-electron chi connectivity index (χ0n) is 11.4. The number of aromatic nitrogens is 4. The minimum atomic E-state index is -0.162. The van der Waals surface area contributed by atoms with Gasteiger partial charge in [0.1, 0.15) is 5.69 Å². The van der Waals surface area contributed by atoms with Crippen molar-refractivity contribution in [2.75, 3.05) is 6.54 Å². The summed E-state index contributed by atoms with van der Waals surface area (Å²) in [6.45, 7) is 1.22. The lowest BCUT2D eigenvalue weighted by Gasteiger charge is -2.03. The lowest BCUT2D eigenvalue weighted by atomic mass is 10.1. The first kappa shape index (κ1) is 13.1. The van der Waals surface area contributed by atoms with Gasteiger partial charge in [0.2, 0.25) is 0 Å². The van der Waals surface area contributed by atoms with Gasteiger partial charge < -0.3 is 9.88 Å². The lowest BCUT2D eigenvalue weighted by Crippen LogP contribution is -2.27. The van der Waals surface area contributed by atoms with E-state index in [1.54, 1.807) is 18.6 Å². The summed E-state index contributed by atoms with van der Waals surface area (Å²) in [5.74, 6) is -0.162. The van der Waals surface area contributed by atoms with Gasteiger partial charge in [-0.05, 0) is 6.07 Å². The number of nitrogens with zero attached hydrogens (tertiary/aromatic N) is 3. The third-order valence-electron chi connectivity index (χ3n) is 3.11. The van der Waals surface area contributed by atoms with Crippen molar-refractivity contribution in [3.63, 3.8) is 0 Å². The van der Waals surface area contributed by atoms with Crippen LogP contribution in [0, 0.1) is 0 Å². The normalized spacial score (nSPS) is 10.5. The van der Waals surface area contributed by atoms with E-state index >= 15 is 0 Å². The minimum absolute atomic E-state index is 0.162. The van der Waals surface area contributed by atoms with Gasteiger partial charge in [-0.25, -0.2) is 4.98 Å². The third-order valence-corrected chi connectivity index (χ3v) is 3.11. The van der Waals surface area contributed by atoms with Crippen LogP contribution in [0.4, 0.5) is 0 Å². The second kappa shape index (κ2) is 6.04. The highest BCUT2D eigenvalue weighted by atomic mass is 16.1. The monoisotopic (exact) mass is 281 g/mol. The first-order valence-corrected chi connectivity index (χ1v) is 6.68. The molecule has 0 aliphatic rings. The molecule has 0 atom stereocenters. The fourth-order valence-corrected chi connectivity index (χ4v) is 2.01. The highest BCUT2D eigenvalue weighted by molar-refractivity contribution is 5.93. The highest BCUT2D eigenvalue weighted by Gasteiger charge is 2.10. The van der Waals surface area contributed by atoms with Crippen LogP contribution >= 0.6 is 0 Å². The fraction of sp³-hybridized carbons (Fsp3) is 0.133. The molecular weight excluding hydrogens is 266 g/mol. The van der Waals surface area contributed by atoms with Crippen molar-refractivity contribution in [3.05, 3.63) is 60.8 Å². The summed E-state index contributed by atoms with van der Waals surface area (Å²) in [6, 6.07) is 11.5. The smallest absolute Gasteiger partial charge is 0.269 e. The molecule has 3 aromatic rings. The molecule has 1 amide bonds. The Hall–Kier alpha value is -2.89. The van der Waals surface area contributed by atoms with Crippen molar-refractivity contribution in [1.82, 2.24) is 25.1 Å². The van der Waals surface area contributed by atoms with Crippen LogP contribution in [0.5, 0.6) is 0 Å². The Morgan fingerprint density at radius 1 is 1.29 bits per heavy atom. The van der Waals surface area contributed by atoms with Gasteiger partial charge >= 0.3 is 0 Å². The molecule has 0 aliphatic heterocycles. The molecule has 0 unspecified atom stereocenters. The Kier molecular flexibility index (Phi) is 3.77. The predicted octanol–water partition coefficient (Wildman–Crippen LogP) is 1.70. The van der Waals surface area contributed by atoms with E-state index in [1.165, 1.54) is 0 Å². The SMILES string of the molecule is O=C(NCCn1ccnc1)c1cc(-c2ccccc2)n[nH]1. The van der Waals surface area contributed by atoms with E-state index in [9.17, 15) is 4.79 Å². The third kappa shape index (κ3) is 3.17. The van der Waals surface area contributed by atoms with Gasteiger partial charge in [0.25, 0.3) is 5.91 Å². The summed E-state index contributed by atoms with van der Waals surface area (Å²) in [6.07, 6.45) is 5.29. The van der Waals surface area contributed by atoms with E-state index in [2.05, 4.69) is 20.5 Å². The number of rotatable bonds is 5. The number of benzene rings is 1. The van der Waals surface area contributed by atoms with Gasteiger partial charge in [0.05, 0.1) is 12.0 Å². The molecule has 0 spiro atoms. The summed E-state index contributed by atoms with van der Waals surface area (Å²) in [5.41, 5.74) is 2.20. The quantitative estimate of drug-likeness (QED) is 0.747. The molecule has 0 saturated carbocycles. The topological polar surface area (TPSA) is 75.6 Å². The molecule has 2 heterocycles. The zero-order chi connectivity index (χ0) is 14.5. The number of carbonyl (C=O) groups excluding carboxylic acids is 1. The lowest BCUT2D eigenvalue weighted by molar-refractivity contribution is 0.0947. The second-order valence-electron chi connectivity index (χ2n) is 4.59. The maximum atomic E-state index is 12.0. The summed E-state index contributed by atoms with van der Waals surface area (Å²) >= 11 is 0. The molecule has 21 heavy (non-hydrogen) atoms. The Bertz CT molecular complexity index is 703. The van der Waals surface area contributed by atoms with Crippen LogP contribution in [0.15, 0.2) is 55.1 Å². The average molecular weight is 281 g/mol. The number of imidazole rings is 1. The maximum Gasteiger partial charge on any atom is 0.269 e. The van der Waals surface area contributed by atoms with Crippen LogP contribution in [0.25, 0.3) is 11.3 Å². The van der Waals surface area contributed by atoms with Crippen LogP contribution in [0.3, 0.4) is 0 Å². The largest absolute Gasteiger partial charge is 0.349 e. The molecule has 0 fully saturated rings. The van der Waals surface area contributed by atoms with E-state index in [4.69, 9.17) is 0 Å². The minimum Gasteiger partial charge on any atom is -0.349 e. The number of H-pyrrole nitrogens is 1. The molecule has 2 N–H and O–H groups in total. The average Bonchev–Trinajstić information content (AvgIpc) is 3.20. The molecular formula is C15H15N5O. The molecule has 6 heteroatoms. The molecule has 3 rings (SSSR count). The van der Waals surface area contributed by atoms with Crippen molar-refractivity contribution in [1.29, 1.82) is 0 Å². The molecule has 1 aromatic carbocycles. The number of hydrogen-bond acceptors (Lipinski definition) is 3. The standard InChI is InChI=1S/C15H15N5O/c21-15(17-7-9-20-8-6-16-11-20)14-10-13(18-19-14)12-4-2-1-3-5-12/h1-6,8,10-11H,7,9H2,(H,17,21)(H,18,19). The van der Waals surface area contributed by atoms with Crippen molar-refractivity contribution in [2.45, 2.75) is 6.54 Å². The molecule has 106 valence electrons. The van der Waals surface area contributed by atoms with E-state index in [-0.39, 0.29) is 5.91 Å². The van der Waals surface area contributed by atoms with Gasteiger partial charge in [-0.3, -0.25) is 9.89 Å². The van der Waals surface area contributed by atoms with E-state index < -0.39 is 0 Å². The van der Waals surface area contributed by atoms with Crippen LogP contribution in [-0.4, -0.2) is 32.2 Å². The Morgan fingerprint density at radius 3 is 2.90 bits per heavy atom. The van der Waals surface area contributed by atoms with Crippen LogP contribution in [0.1, 0.15) is 10.5 Å². The summed E-state index contributed by atoms with van der Waals surface area (Å²) < 4.78 is 1.91. The number of aromatic amines is 1. The molecule has 0 saturated heterocycles. The fourth-order valence-electron chi connectivity index (χ4n) is 2.01. The molecule has 2 aromatic heterocycles. The summed E-state index contributed by atoms with van der Waals surface area (Å²) in [7, 11) is 0. The van der Waals surface area contributed by atoms with E-state index in [1.807, 2.05) is 41.1 Å². The molecule has 0 bridgehead atoms.